The van der Waals surface area contributed by atoms with Crippen molar-refractivity contribution >= 4 is 24.0 Å². The van der Waals surface area contributed by atoms with Crippen molar-refractivity contribution < 1.29 is 4.42 Å². The summed E-state index contributed by atoms with van der Waals surface area (Å²) in [6, 6.07) is 7.58. The van der Waals surface area contributed by atoms with Crippen LogP contribution in [0.15, 0.2) is 34.9 Å². The van der Waals surface area contributed by atoms with E-state index < -0.39 is 0 Å². The van der Waals surface area contributed by atoms with Gasteiger partial charge in [-0.25, -0.2) is 4.98 Å². The molecule has 2 atom stereocenters. The predicted octanol–water partition coefficient (Wildman–Crippen LogP) is 3.07. The Bertz CT molecular complexity index is 617. The molecular formula is C16H19Cl2N3O. The highest BCUT2D eigenvalue weighted by Crippen LogP contribution is 2.28. The minimum atomic E-state index is 0. The lowest BCUT2D eigenvalue weighted by molar-refractivity contribution is 0.302. The van der Waals surface area contributed by atoms with Gasteiger partial charge in [0.1, 0.15) is 6.26 Å². The fourth-order valence-corrected chi connectivity index (χ4v) is 3.54. The molecule has 1 aromatic heterocycles. The predicted molar refractivity (Wildman–Crippen MR) is 89.3 cm³/mol. The molecule has 6 heteroatoms. The molecule has 0 bridgehead atoms. The molecule has 22 heavy (non-hydrogen) atoms. The Hall–Kier alpha value is -1.07. The normalized spacial score (nSPS) is 24.2. The van der Waals surface area contributed by atoms with Gasteiger partial charge in [-0.15, -0.1) is 12.4 Å². The van der Waals surface area contributed by atoms with Crippen LogP contribution in [-0.4, -0.2) is 36.1 Å². The van der Waals surface area contributed by atoms with E-state index in [1.807, 2.05) is 24.3 Å². The summed E-state index contributed by atoms with van der Waals surface area (Å²) < 4.78 is 5.60. The molecule has 118 valence electrons. The molecule has 2 aliphatic rings. The molecule has 3 heterocycles. The summed E-state index contributed by atoms with van der Waals surface area (Å²) in [4.78, 5) is 7.09. The number of hydrogen-bond acceptors (Lipinski definition) is 4. The zero-order valence-corrected chi connectivity index (χ0v) is 13.7. The maximum atomic E-state index is 5.90. The molecule has 0 radical (unpaired) electrons. The van der Waals surface area contributed by atoms with Crippen LogP contribution in [0.2, 0.25) is 5.02 Å². The molecule has 1 N–H and O–H groups in total. The number of oxazole rings is 1. The Labute approximate surface area is 141 Å². The number of rotatable bonds is 3. The van der Waals surface area contributed by atoms with Crippen LogP contribution in [0.4, 0.5) is 0 Å². The Morgan fingerprint density at radius 2 is 1.86 bits per heavy atom. The topological polar surface area (TPSA) is 41.3 Å². The molecule has 2 fully saturated rings. The number of likely N-dealkylation sites (tertiary alicyclic amines) is 1. The third kappa shape index (κ3) is 3.15. The van der Waals surface area contributed by atoms with Crippen molar-refractivity contribution in [3.05, 3.63) is 41.2 Å². The van der Waals surface area contributed by atoms with Crippen molar-refractivity contribution in [1.29, 1.82) is 0 Å². The average molecular weight is 340 g/mol. The van der Waals surface area contributed by atoms with E-state index in [4.69, 9.17) is 16.0 Å². The molecule has 0 amide bonds. The maximum absolute atomic E-state index is 5.90. The first-order chi connectivity index (χ1) is 10.3. The molecule has 1 aromatic carbocycles. The number of nitrogens with one attached hydrogen (secondary N) is 1. The Morgan fingerprint density at radius 1 is 1.18 bits per heavy atom. The van der Waals surface area contributed by atoms with Gasteiger partial charge < -0.3 is 9.73 Å². The highest BCUT2D eigenvalue weighted by atomic mass is 35.5. The van der Waals surface area contributed by atoms with Crippen LogP contribution in [-0.2, 0) is 6.54 Å². The summed E-state index contributed by atoms with van der Waals surface area (Å²) in [5, 5.41) is 4.19. The molecule has 2 aromatic rings. The summed E-state index contributed by atoms with van der Waals surface area (Å²) in [5.74, 6) is 2.29. The second-order valence-electron chi connectivity index (χ2n) is 6.02. The number of nitrogens with zero attached hydrogens (tertiary/aromatic N) is 2. The first-order valence-electron chi connectivity index (χ1n) is 7.41. The van der Waals surface area contributed by atoms with Crippen molar-refractivity contribution in [2.45, 2.75) is 6.54 Å². The van der Waals surface area contributed by atoms with Gasteiger partial charge in [0.25, 0.3) is 0 Å². The average Bonchev–Trinajstić information content (AvgIpc) is 3.16. The zero-order chi connectivity index (χ0) is 14.2. The van der Waals surface area contributed by atoms with Crippen LogP contribution in [0.5, 0.6) is 0 Å². The first-order valence-corrected chi connectivity index (χ1v) is 7.79. The highest BCUT2D eigenvalue weighted by molar-refractivity contribution is 6.30. The lowest BCUT2D eigenvalue weighted by Gasteiger charge is -2.14. The lowest BCUT2D eigenvalue weighted by atomic mass is 10.0. The van der Waals surface area contributed by atoms with Gasteiger partial charge >= 0.3 is 0 Å². The van der Waals surface area contributed by atoms with Gasteiger partial charge in [-0.1, -0.05) is 11.6 Å². The third-order valence-electron chi connectivity index (χ3n) is 4.49. The molecule has 0 aliphatic carbocycles. The summed E-state index contributed by atoms with van der Waals surface area (Å²) >= 11 is 5.90. The minimum absolute atomic E-state index is 0. The second-order valence-corrected chi connectivity index (χ2v) is 6.46. The van der Waals surface area contributed by atoms with E-state index in [-0.39, 0.29) is 12.4 Å². The van der Waals surface area contributed by atoms with Gasteiger partial charge in [-0.05, 0) is 49.2 Å². The van der Waals surface area contributed by atoms with Gasteiger partial charge in [0.2, 0.25) is 5.89 Å². The van der Waals surface area contributed by atoms with Gasteiger partial charge in [-0.3, -0.25) is 4.90 Å². The van der Waals surface area contributed by atoms with Crippen LogP contribution in [0.3, 0.4) is 0 Å². The third-order valence-corrected chi connectivity index (χ3v) is 4.75. The van der Waals surface area contributed by atoms with Crippen molar-refractivity contribution in [2.24, 2.45) is 11.8 Å². The smallest absolute Gasteiger partial charge is 0.226 e. The van der Waals surface area contributed by atoms with E-state index in [1.165, 1.54) is 13.1 Å². The molecule has 4 rings (SSSR count). The number of aromatic nitrogens is 1. The van der Waals surface area contributed by atoms with Crippen LogP contribution >= 0.6 is 24.0 Å². The van der Waals surface area contributed by atoms with Gasteiger partial charge in [0.05, 0.1) is 5.69 Å². The largest absolute Gasteiger partial charge is 0.444 e. The van der Waals surface area contributed by atoms with Crippen LogP contribution in [0.1, 0.15) is 5.69 Å². The molecule has 0 spiro atoms. The SMILES string of the molecule is Cl.Clc1ccc(-c2nc(CN3C[C@H]4CNC[C@H]4C3)co2)cc1. The fraction of sp³-hybridized carbons (Fsp3) is 0.438. The van der Waals surface area contributed by atoms with Crippen molar-refractivity contribution in [3.63, 3.8) is 0 Å². The van der Waals surface area contributed by atoms with Crippen LogP contribution < -0.4 is 5.32 Å². The summed E-state index contributed by atoms with van der Waals surface area (Å²) in [6.07, 6.45) is 1.77. The van der Waals surface area contributed by atoms with Crippen molar-refractivity contribution in [3.8, 4) is 11.5 Å². The lowest BCUT2D eigenvalue weighted by Crippen LogP contribution is -2.25. The zero-order valence-electron chi connectivity index (χ0n) is 12.2. The summed E-state index contributed by atoms with van der Waals surface area (Å²) in [5.41, 5.74) is 1.97. The second kappa shape index (κ2) is 6.59. The quantitative estimate of drug-likeness (QED) is 0.932. The molecule has 2 saturated heterocycles. The number of halogens is 2. The van der Waals surface area contributed by atoms with Gasteiger partial charge in [-0.2, -0.15) is 0 Å². The fourth-order valence-electron chi connectivity index (χ4n) is 3.42. The molecule has 4 nitrogen and oxygen atoms in total. The minimum Gasteiger partial charge on any atom is -0.444 e. The van der Waals surface area contributed by atoms with E-state index in [1.54, 1.807) is 6.26 Å². The Kier molecular flexibility index (Phi) is 4.73. The van der Waals surface area contributed by atoms with Crippen LogP contribution in [0, 0.1) is 11.8 Å². The van der Waals surface area contributed by atoms with Crippen LogP contribution in [0.25, 0.3) is 11.5 Å². The van der Waals surface area contributed by atoms with Crippen molar-refractivity contribution in [2.75, 3.05) is 26.2 Å². The molecule has 0 saturated carbocycles. The van der Waals surface area contributed by atoms with E-state index in [0.717, 1.165) is 47.8 Å². The monoisotopic (exact) mass is 339 g/mol. The number of hydrogen-bond donors (Lipinski definition) is 1. The number of fused-ring (bicyclic) bond motifs is 1. The van der Waals surface area contributed by atoms with E-state index in [0.29, 0.717) is 5.89 Å². The maximum Gasteiger partial charge on any atom is 0.226 e. The van der Waals surface area contributed by atoms with Crippen molar-refractivity contribution in [1.82, 2.24) is 15.2 Å². The van der Waals surface area contributed by atoms with E-state index in [2.05, 4.69) is 15.2 Å². The standard InChI is InChI=1S/C16H18ClN3O.ClH/c17-14-3-1-11(2-4-14)16-19-15(10-21-16)9-20-7-12-5-18-6-13(12)8-20;/h1-4,10,12-13,18H,5-9H2;1H/t12-,13+;. The Balaban J connectivity index is 0.00000144. The van der Waals surface area contributed by atoms with E-state index in [9.17, 15) is 0 Å². The molecular weight excluding hydrogens is 321 g/mol. The highest BCUT2D eigenvalue weighted by Gasteiger charge is 2.36. The first kappa shape index (κ1) is 15.8. The summed E-state index contributed by atoms with van der Waals surface area (Å²) in [7, 11) is 0. The number of benzene rings is 1. The van der Waals surface area contributed by atoms with Gasteiger partial charge in [0, 0.05) is 30.2 Å². The van der Waals surface area contributed by atoms with E-state index >= 15 is 0 Å². The van der Waals surface area contributed by atoms with Gasteiger partial charge in [0.15, 0.2) is 0 Å². The molecule has 2 aliphatic heterocycles. The molecule has 0 unspecified atom stereocenters. The summed E-state index contributed by atoms with van der Waals surface area (Å²) in [6.45, 7) is 5.54. The Morgan fingerprint density at radius 3 is 2.55 bits per heavy atom.